The van der Waals surface area contributed by atoms with Crippen LogP contribution in [0, 0.1) is 11.8 Å². The average Bonchev–Trinajstić information content (AvgIpc) is 2.71. The fourth-order valence-corrected chi connectivity index (χ4v) is 2.55. The monoisotopic (exact) mass is 190 g/mol. The van der Waals surface area contributed by atoms with E-state index in [-0.39, 0.29) is 0 Å². The van der Waals surface area contributed by atoms with Crippen LogP contribution in [-0.4, -0.2) is 0 Å². The van der Waals surface area contributed by atoms with Crippen LogP contribution in [0.5, 0.6) is 0 Å². The van der Waals surface area contributed by atoms with E-state index in [1.165, 1.54) is 44.9 Å². The van der Waals surface area contributed by atoms with E-state index in [0.29, 0.717) is 0 Å². The van der Waals surface area contributed by atoms with E-state index in [0.717, 1.165) is 11.8 Å². The molecule has 0 bridgehead atoms. The Kier molecular flexibility index (Phi) is 3.44. The summed E-state index contributed by atoms with van der Waals surface area (Å²) in [6.07, 6.45) is 16.7. The summed E-state index contributed by atoms with van der Waals surface area (Å²) in [5, 5.41) is 0. The van der Waals surface area contributed by atoms with Gasteiger partial charge in [-0.25, -0.2) is 0 Å². The lowest BCUT2D eigenvalue weighted by molar-refractivity contribution is 0.578. The molecule has 78 valence electrons. The summed E-state index contributed by atoms with van der Waals surface area (Å²) in [5.74, 6) is 2.14. The van der Waals surface area contributed by atoms with Crippen LogP contribution in [0.1, 0.15) is 51.9 Å². The van der Waals surface area contributed by atoms with Gasteiger partial charge in [0.05, 0.1) is 0 Å². The zero-order valence-electron chi connectivity index (χ0n) is 9.34. The molecule has 0 heteroatoms. The van der Waals surface area contributed by atoms with Gasteiger partial charge in [0.15, 0.2) is 0 Å². The minimum Gasteiger partial charge on any atom is -0.0805 e. The molecule has 2 aliphatic carbocycles. The van der Waals surface area contributed by atoms with Gasteiger partial charge in [0.25, 0.3) is 0 Å². The summed E-state index contributed by atoms with van der Waals surface area (Å²) in [6, 6.07) is 0. The Morgan fingerprint density at radius 3 is 2.93 bits per heavy atom. The first kappa shape index (κ1) is 10.0. The Morgan fingerprint density at radius 2 is 2.21 bits per heavy atom. The van der Waals surface area contributed by atoms with Crippen LogP contribution in [0.4, 0.5) is 0 Å². The molecule has 1 saturated carbocycles. The largest absolute Gasteiger partial charge is 0.0805 e. The predicted octanol–water partition coefficient (Wildman–Crippen LogP) is 4.48. The molecule has 0 nitrogen and oxygen atoms in total. The third-order valence-electron chi connectivity index (χ3n) is 3.62. The lowest BCUT2D eigenvalue weighted by atomic mass is 10.0. The lowest BCUT2D eigenvalue weighted by Crippen LogP contribution is -1.86. The van der Waals surface area contributed by atoms with Crippen molar-refractivity contribution in [3.8, 4) is 0 Å². The van der Waals surface area contributed by atoms with Crippen LogP contribution < -0.4 is 0 Å². The van der Waals surface area contributed by atoms with Gasteiger partial charge < -0.3 is 0 Å². The Labute approximate surface area is 88.1 Å². The van der Waals surface area contributed by atoms with Crippen molar-refractivity contribution in [2.75, 3.05) is 0 Å². The second kappa shape index (κ2) is 4.82. The molecule has 0 heterocycles. The molecule has 2 atom stereocenters. The summed E-state index contributed by atoms with van der Waals surface area (Å²) in [7, 11) is 0. The molecule has 0 aromatic rings. The Balaban J connectivity index is 1.57. The molecule has 0 aromatic heterocycles. The third-order valence-corrected chi connectivity index (χ3v) is 3.62. The van der Waals surface area contributed by atoms with Crippen molar-refractivity contribution in [1.82, 2.24) is 0 Å². The molecular formula is C14H22. The summed E-state index contributed by atoms with van der Waals surface area (Å²) >= 11 is 0. The van der Waals surface area contributed by atoms with Gasteiger partial charge in [-0.15, -0.1) is 0 Å². The van der Waals surface area contributed by atoms with Crippen LogP contribution in [0.15, 0.2) is 23.8 Å². The van der Waals surface area contributed by atoms with E-state index in [9.17, 15) is 0 Å². The van der Waals surface area contributed by atoms with Crippen molar-refractivity contribution in [2.24, 2.45) is 11.8 Å². The lowest BCUT2D eigenvalue weighted by Gasteiger charge is -2.01. The third kappa shape index (κ3) is 2.73. The normalized spacial score (nSPS) is 29.4. The molecule has 2 aliphatic rings. The Morgan fingerprint density at radius 1 is 1.29 bits per heavy atom. The van der Waals surface area contributed by atoms with Gasteiger partial charge in [-0.1, -0.05) is 56.4 Å². The maximum Gasteiger partial charge on any atom is -0.0132 e. The van der Waals surface area contributed by atoms with Gasteiger partial charge in [0, 0.05) is 0 Å². The minimum absolute atomic E-state index is 1.05. The second-order valence-electron chi connectivity index (χ2n) is 4.91. The molecular weight excluding hydrogens is 168 g/mol. The Hall–Kier alpha value is -0.520. The zero-order valence-corrected chi connectivity index (χ0v) is 9.34. The first-order valence-electron chi connectivity index (χ1n) is 6.24. The highest BCUT2D eigenvalue weighted by molar-refractivity contribution is 5.24. The van der Waals surface area contributed by atoms with Crippen molar-refractivity contribution in [1.29, 1.82) is 0 Å². The van der Waals surface area contributed by atoms with E-state index in [1.54, 1.807) is 5.57 Å². The SMILES string of the molecule is CCCCCC1CC1CC1=CC=CC1. The number of allylic oxidation sites excluding steroid dienone is 4. The number of rotatable bonds is 6. The molecule has 2 rings (SSSR count). The van der Waals surface area contributed by atoms with Gasteiger partial charge in [0.1, 0.15) is 0 Å². The minimum atomic E-state index is 1.05. The summed E-state index contributed by atoms with van der Waals surface area (Å²) in [5.41, 5.74) is 1.67. The van der Waals surface area contributed by atoms with Crippen LogP contribution in [0.25, 0.3) is 0 Å². The Bertz CT molecular complexity index is 234. The van der Waals surface area contributed by atoms with Crippen LogP contribution >= 0.6 is 0 Å². The highest BCUT2D eigenvalue weighted by Crippen LogP contribution is 2.47. The van der Waals surface area contributed by atoms with Crippen LogP contribution in [0.2, 0.25) is 0 Å². The van der Waals surface area contributed by atoms with Gasteiger partial charge in [-0.2, -0.15) is 0 Å². The zero-order chi connectivity index (χ0) is 9.80. The molecule has 1 fully saturated rings. The predicted molar refractivity (Wildman–Crippen MR) is 62.2 cm³/mol. The molecule has 0 aromatic carbocycles. The van der Waals surface area contributed by atoms with Gasteiger partial charge in [-0.05, 0) is 31.1 Å². The van der Waals surface area contributed by atoms with Gasteiger partial charge in [0.2, 0.25) is 0 Å². The van der Waals surface area contributed by atoms with Gasteiger partial charge in [-0.3, -0.25) is 0 Å². The van der Waals surface area contributed by atoms with E-state index in [2.05, 4.69) is 25.2 Å². The fraction of sp³-hybridized carbons (Fsp3) is 0.714. The maximum atomic E-state index is 2.32. The van der Waals surface area contributed by atoms with Crippen molar-refractivity contribution >= 4 is 0 Å². The first-order valence-corrected chi connectivity index (χ1v) is 6.24. The topological polar surface area (TPSA) is 0 Å². The molecule has 0 saturated heterocycles. The molecule has 2 unspecified atom stereocenters. The van der Waals surface area contributed by atoms with E-state index < -0.39 is 0 Å². The van der Waals surface area contributed by atoms with Crippen molar-refractivity contribution < 1.29 is 0 Å². The van der Waals surface area contributed by atoms with Gasteiger partial charge >= 0.3 is 0 Å². The maximum absolute atomic E-state index is 2.32. The van der Waals surface area contributed by atoms with E-state index in [4.69, 9.17) is 0 Å². The average molecular weight is 190 g/mol. The highest BCUT2D eigenvalue weighted by atomic mass is 14.4. The van der Waals surface area contributed by atoms with Crippen LogP contribution in [-0.2, 0) is 0 Å². The second-order valence-corrected chi connectivity index (χ2v) is 4.91. The number of unbranched alkanes of at least 4 members (excludes halogenated alkanes) is 2. The first-order chi connectivity index (χ1) is 6.90. The molecule has 0 N–H and O–H groups in total. The van der Waals surface area contributed by atoms with Crippen LogP contribution in [0.3, 0.4) is 0 Å². The smallest absolute Gasteiger partial charge is 0.0132 e. The standard InChI is InChI=1S/C14H22/c1-2-3-4-9-13-11-14(13)10-12-7-5-6-8-12/h5-7,13-14H,2-4,8-11H2,1H3. The molecule has 0 amide bonds. The highest BCUT2D eigenvalue weighted by Gasteiger charge is 2.36. The number of hydrogen-bond acceptors (Lipinski definition) is 0. The molecule has 0 radical (unpaired) electrons. The van der Waals surface area contributed by atoms with Crippen molar-refractivity contribution in [3.05, 3.63) is 23.8 Å². The van der Waals surface area contributed by atoms with E-state index in [1.807, 2.05) is 0 Å². The molecule has 14 heavy (non-hydrogen) atoms. The summed E-state index contributed by atoms with van der Waals surface area (Å²) in [4.78, 5) is 0. The summed E-state index contributed by atoms with van der Waals surface area (Å²) < 4.78 is 0. The fourth-order valence-electron chi connectivity index (χ4n) is 2.55. The van der Waals surface area contributed by atoms with Crippen molar-refractivity contribution in [2.45, 2.75) is 51.9 Å². The molecule has 0 aliphatic heterocycles. The number of hydrogen-bond donors (Lipinski definition) is 0. The quantitative estimate of drug-likeness (QED) is 0.542. The van der Waals surface area contributed by atoms with E-state index >= 15 is 0 Å². The summed E-state index contributed by atoms with van der Waals surface area (Å²) in [6.45, 7) is 2.29. The molecule has 0 spiro atoms. The van der Waals surface area contributed by atoms with Crippen molar-refractivity contribution in [3.63, 3.8) is 0 Å².